The second-order valence-electron chi connectivity index (χ2n) is 3.00. The molecule has 0 spiro atoms. The van der Waals surface area contributed by atoms with Crippen LogP contribution in [-0.4, -0.2) is 19.9 Å². The van der Waals surface area contributed by atoms with Crippen molar-refractivity contribution in [3.8, 4) is 0 Å². The van der Waals surface area contributed by atoms with E-state index in [4.69, 9.17) is 11.6 Å². The Bertz CT molecular complexity index is 512. The van der Waals surface area contributed by atoms with Gasteiger partial charge in [0.25, 0.3) is 0 Å². The molecule has 2 rings (SSSR count). The molecule has 0 amide bonds. The van der Waals surface area contributed by atoms with E-state index in [0.717, 1.165) is 11.1 Å². The summed E-state index contributed by atoms with van der Waals surface area (Å²) in [6, 6.07) is 1.80. The highest BCUT2D eigenvalue weighted by Gasteiger charge is 2.10. The molecule has 0 aliphatic carbocycles. The summed E-state index contributed by atoms with van der Waals surface area (Å²) in [6.45, 7) is 2.00. The number of nitrogens with zero attached hydrogens (tertiary/aromatic N) is 2. The summed E-state index contributed by atoms with van der Waals surface area (Å²) in [4.78, 5) is 8.30. The van der Waals surface area contributed by atoms with Crippen molar-refractivity contribution in [2.75, 3.05) is 5.75 Å². The van der Waals surface area contributed by atoms with Gasteiger partial charge in [-0.15, -0.1) is 11.3 Å². The summed E-state index contributed by atoms with van der Waals surface area (Å²) in [5.74, 6) is 0.646. The topological polar surface area (TPSA) is 42.9 Å². The molecule has 0 fully saturated rings. The predicted molar refractivity (Wildman–Crippen MR) is 64.0 cm³/mol. The van der Waals surface area contributed by atoms with E-state index in [1.807, 2.05) is 6.92 Å². The molecular weight excluding hydrogens is 252 g/mol. The first-order valence-electron chi connectivity index (χ1n) is 4.51. The van der Waals surface area contributed by atoms with E-state index in [0.29, 0.717) is 20.8 Å². The van der Waals surface area contributed by atoms with E-state index >= 15 is 0 Å². The van der Waals surface area contributed by atoms with Gasteiger partial charge >= 0.3 is 0 Å². The van der Waals surface area contributed by atoms with Crippen molar-refractivity contribution in [3.05, 3.63) is 17.3 Å². The van der Waals surface area contributed by atoms with Crippen molar-refractivity contribution >= 4 is 44.1 Å². The first-order chi connectivity index (χ1) is 7.20. The molecule has 0 N–H and O–H groups in total. The van der Waals surface area contributed by atoms with Gasteiger partial charge in [-0.25, -0.2) is 9.97 Å². The number of hydrogen-bond acceptors (Lipinski definition) is 4. The first-order valence-corrected chi connectivity index (χ1v) is 7.02. The van der Waals surface area contributed by atoms with Crippen LogP contribution in [0.2, 0.25) is 5.02 Å². The standard InChI is InChI=1S/C9H9ClN2OS2/c1-2-3-15(13)9-12-8-7(14-9)4-6(10)5-11-8/h4-5H,2-3H2,1H3. The zero-order chi connectivity index (χ0) is 10.8. The van der Waals surface area contributed by atoms with Gasteiger partial charge in [0, 0.05) is 11.9 Å². The highest BCUT2D eigenvalue weighted by atomic mass is 35.5. The van der Waals surface area contributed by atoms with E-state index in [-0.39, 0.29) is 0 Å². The van der Waals surface area contributed by atoms with Crippen molar-refractivity contribution in [1.29, 1.82) is 0 Å². The van der Waals surface area contributed by atoms with E-state index < -0.39 is 10.8 Å². The van der Waals surface area contributed by atoms with Crippen molar-refractivity contribution in [2.24, 2.45) is 0 Å². The summed E-state index contributed by atoms with van der Waals surface area (Å²) in [6.07, 6.45) is 2.44. The van der Waals surface area contributed by atoms with Gasteiger partial charge in [-0.3, -0.25) is 4.21 Å². The minimum Gasteiger partial charge on any atom is -0.252 e. The lowest BCUT2D eigenvalue weighted by atomic mass is 10.5. The average Bonchev–Trinajstić information content (AvgIpc) is 2.60. The highest BCUT2D eigenvalue weighted by molar-refractivity contribution is 7.87. The lowest BCUT2D eigenvalue weighted by molar-refractivity contribution is 0.681. The van der Waals surface area contributed by atoms with E-state index in [1.165, 1.54) is 11.3 Å². The Morgan fingerprint density at radius 2 is 2.40 bits per heavy atom. The molecule has 1 atom stereocenters. The van der Waals surface area contributed by atoms with Crippen LogP contribution >= 0.6 is 22.9 Å². The summed E-state index contributed by atoms with van der Waals surface area (Å²) in [5.41, 5.74) is 0.629. The van der Waals surface area contributed by atoms with Crippen molar-refractivity contribution in [1.82, 2.24) is 9.97 Å². The van der Waals surface area contributed by atoms with Crippen molar-refractivity contribution in [2.45, 2.75) is 17.7 Å². The molecule has 6 heteroatoms. The molecule has 0 aliphatic heterocycles. The first kappa shape index (κ1) is 11.0. The molecule has 3 nitrogen and oxygen atoms in total. The predicted octanol–water partition coefficient (Wildman–Crippen LogP) is 2.86. The zero-order valence-corrected chi connectivity index (χ0v) is 10.5. The van der Waals surface area contributed by atoms with Crippen molar-refractivity contribution in [3.63, 3.8) is 0 Å². The Kier molecular flexibility index (Phi) is 3.33. The van der Waals surface area contributed by atoms with Crippen LogP contribution in [0.5, 0.6) is 0 Å². The SMILES string of the molecule is CCCS(=O)c1nc2ncc(Cl)cc2s1. The van der Waals surface area contributed by atoms with Crippen LogP contribution in [-0.2, 0) is 10.8 Å². The molecule has 0 saturated carbocycles. The number of thiazole rings is 1. The molecule has 1 unspecified atom stereocenters. The fourth-order valence-electron chi connectivity index (χ4n) is 1.15. The Morgan fingerprint density at radius 3 is 3.13 bits per heavy atom. The minimum atomic E-state index is -0.998. The maximum absolute atomic E-state index is 11.7. The summed E-state index contributed by atoms with van der Waals surface area (Å²) in [5, 5.41) is 0.582. The molecule has 0 radical (unpaired) electrons. The van der Waals surface area contributed by atoms with Crippen molar-refractivity contribution < 1.29 is 4.21 Å². The normalized spacial score (nSPS) is 13.2. The number of halogens is 1. The second-order valence-corrected chi connectivity index (χ2v) is 6.22. The van der Waals surface area contributed by atoms with Gasteiger partial charge < -0.3 is 0 Å². The van der Waals surface area contributed by atoms with Crippen LogP contribution in [0.15, 0.2) is 16.6 Å². The van der Waals surface area contributed by atoms with Gasteiger partial charge in [-0.1, -0.05) is 18.5 Å². The number of rotatable bonds is 3. The third kappa shape index (κ3) is 2.35. The molecule has 2 aromatic heterocycles. The Morgan fingerprint density at radius 1 is 1.60 bits per heavy atom. The molecule has 2 heterocycles. The maximum Gasteiger partial charge on any atom is 0.183 e. The van der Waals surface area contributed by atoms with Crippen LogP contribution in [0.25, 0.3) is 10.3 Å². The number of aromatic nitrogens is 2. The zero-order valence-electron chi connectivity index (χ0n) is 8.07. The summed E-state index contributed by atoms with van der Waals surface area (Å²) in [7, 11) is -0.998. The van der Waals surface area contributed by atoms with Crippen LogP contribution in [0, 0.1) is 0 Å². The number of fused-ring (bicyclic) bond motifs is 1. The average molecular weight is 261 g/mol. The summed E-state index contributed by atoms with van der Waals surface area (Å²) >= 11 is 7.21. The molecule has 0 aliphatic rings. The Hall–Kier alpha value is -0.520. The van der Waals surface area contributed by atoms with Crippen LogP contribution in [0.4, 0.5) is 0 Å². The lowest BCUT2D eigenvalue weighted by Crippen LogP contribution is -1.95. The number of hydrogen-bond donors (Lipinski definition) is 0. The molecule has 2 aromatic rings. The molecule has 80 valence electrons. The van der Waals surface area contributed by atoms with Crippen LogP contribution < -0.4 is 0 Å². The van der Waals surface area contributed by atoms with E-state index in [9.17, 15) is 4.21 Å². The second kappa shape index (κ2) is 4.55. The molecule has 15 heavy (non-hydrogen) atoms. The van der Waals surface area contributed by atoms with Crippen LogP contribution in [0.3, 0.4) is 0 Å². The van der Waals surface area contributed by atoms with Gasteiger partial charge in [0.1, 0.15) is 0 Å². The van der Waals surface area contributed by atoms with Gasteiger partial charge in [-0.05, 0) is 12.5 Å². The smallest absolute Gasteiger partial charge is 0.183 e. The molecular formula is C9H9ClN2OS2. The van der Waals surface area contributed by atoms with Gasteiger partial charge in [0.2, 0.25) is 0 Å². The molecule has 0 saturated heterocycles. The number of pyridine rings is 1. The van der Waals surface area contributed by atoms with Gasteiger partial charge in [0.15, 0.2) is 9.99 Å². The fourth-order valence-corrected chi connectivity index (χ4v) is 3.69. The minimum absolute atomic E-state index is 0.582. The summed E-state index contributed by atoms with van der Waals surface area (Å²) < 4.78 is 13.2. The molecule has 0 bridgehead atoms. The largest absolute Gasteiger partial charge is 0.252 e. The molecule has 0 aromatic carbocycles. The van der Waals surface area contributed by atoms with E-state index in [2.05, 4.69) is 9.97 Å². The maximum atomic E-state index is 11.7. The van der Waals surface area contributed by atoms with Gasteiger partial charge in [0.05, 0.1) is 20.5 Å². The Balaban J connectivity index is 2.42. The van der Waals surface area contributed by atoms with E-state index in [1.54, 1.807) is 12.3 Å². The third-order valence-electron chi connectivity index (χ3n) is 1.78. The van der Waals surface area contributed by atoms with Crippen LogP contribution in [0.1, 0.15) is 13.3 Å². The fraction of sp³-hybridized carbons (Fsp3) is 0.333. The lowest BCUT2D eigenvalue weighted by Gasteiger charge is -1.91. The van der Waals surface area contributed by atoms with Gasteiger partial charge in [-0.2, -0.15) is 0 Å². The quantitative estimate of drug-likeness (QED) is 0.852. The highest BCUT2D eigenvalue weighted by Crippen LogP contribution is 2.25. The third-order valence-corrected chi connectivity index (χ3v) is 4.84. The Labute approximate surface area is 99.0 Å². The monoisotopic (exact) mass is 260 g/mol.